The van der Waals surface area contributed by atoms with Crippen molar-refractivity contribution in [3.8, 4) is 0 Å². The number of rotatable bonds is 1. The Morgan fingerprint density at radius 2 is 2.24 bits per heavy atom. The molecule has 0 aliphatic carbocycles. The smallest absolute Gasteiger partial charge is 0.254 e. The number of aromatic nitrogens is 1. The van der Waals surface area contributed by atoms with Gasteiger partial charge in [-0.15, -0.1) is 0 Å². The molecule has 2 rings (SSSR count). The average Bonchev–Trinajstić information content (AvgIpc) is 2.31. The lowest BCUT2D eigenvalue weighted by Gasteiger charge is -2.36. The molecule has 0 aromatic carbocycles. The van der Waals surface area contributed by atoms with Gasteiger partial charge in [-0.05, 0) is 37.8 Å². The molecule has 0 spiro atoms. The molecule has 1 aromatic rings. The zero-order valence-electron chi connectivity index (χ0n) is 10.4. The molecule has 2 atom stereocenters. The van der Waals surface area contributed by atoms with Gasteiger partial charge in [0, 0.05) is 24.3 Å². The fourth-order valence-corrected chi connectivity index (χ4v) is 2.32. The van der Waals surface area contributed by atoms with Gasteiger partial charge < -0.3 is 10.6 Å². The van der Waals surface area contributed by atoms with E-state index in [1.807, 2.05) is 4.90 Å². The fourth-order valence-electron chi connectivity index (χ4n) is 2.32. The molecule has 4 heteroatoms. The average molecular weight is 233 g/mol. The highest BCUT2D eigenvalue weighted by molar-refractivity contribution is 5.95. The first-order chi connectivity index (χ1) is 8.08. The second-order valence-electron chi connectivity index (χ2n) is 4.96. The molecule has 1 amide bonds. The van der Waals surface area contributed by atoms with Gasteiger partial charge in [-0.3, -0.25) is 4.79 Å². The molecular weight excluding hydrogens is 214 g/mol. The summed E-state index contributed by atoms with van der Waals surface area (Å²) < 4.78 is 0. The molecule has 0 radical (unpaired) electrons. The van der Waals surface area contributed by atoms with Crippen molar-refractivity contribution < 1.29 is 4.79 Å². The lowest BCUT2D eigenvalue weighted by atomic mass is 9.94. The number of nitrogen functional groups attached to an aromatic ring is 1. The van der Waals surface area contributed by atoms with E-state index in [9.17, 15) is 4.79 Å². The highest BCUT2D eigenvalue weighted by Gasteiger charge is 2.27. The summed E-state index contributed by atoms with van der Waals surface area (Å²) in [6, 6.07) is 3.69. The third-order valence-electron chi connectivity index (χ3n) is 3.41. The minimum absolute atomic E-state index is 0.0677. The van der Waals surface area contributed by atoms with Crippen molar-refractivity contribution in [2.75, 3.05) is 12.3 Å². The topological polar surface area (TPSA) is 59.2 Å². The van der Waals surface area contributed by atoms with Crippen molar-refractivity contribution in [3.05, 3.63) is 23.9 Å². The Hall–Kier alpha value is -1.58. The SMILES string of the molecule is CC1CCC(C)N(C(=O)c2ccnc(N)c2)C1. The molecule has 17 heavy (non-hydrogen) atoms. The molecule has 2 N–H and O–H groups in total. The third-order valence-corrected chi connectivity index (χ3v) is 3.41. The molecule has 0 saturated carbocycles. The van der Waals surface area contributed by atoms with Crippen LogP contribution >= 0.6 is 0 Å². The molecule has 2 heterocycles. The highest BCUT2D eigenvalue weighted by Crippen LogP contribution is 2.23. The quantitative estimate of drug-likeness (QED) is 0.806. The van der Waals surface area contributed by atoms with Crippen molar-refractivity contribution in [2.24, 2.45) is 5.92 Å². The van der Waals surface area contributed by atoms with Crippen molar-refractivity contribution >= 4 is 11.7 Å². The van der Waals surface area contributed by atoms with Crippen LogP contribution in [0, 0.1) is 5.92 Å². The van der Waals surface area contributed by atoms with Crippen LogP contribution in [0.25, 0.3) is 0 Å². The summed E-state index contributed by atoms with van der Waals surface area (Å²) in [5.41, 5.74) is 6.24. The van der Waals surface area contributed by atoms with Crippen LogP contribution in [0.5, 0.6) is 0 Å². The number of nitrogens with zero attached hydrogens (tertiary/aromatic N) is 2. The summed E-state index contributed by atoms with van der Waals surface area (Å²) in [6.07, 6.45) is 3.86. The van der Waals surface area contributed by atoms with E-state index in [1.165, 1.54) is 6.42 Å². The number of likely N-dealkylation sites (tertiary alicyclic amines) is 1. The third kappa shape index (κ3) is 2.57. The molecule has 4 nitrogen and oxygen atoms in total. The molecule has 1 aromatic heterocycles. The van der Waals surface area contributed by atoms with Crippen LogP contribution in [0.1, 0.15) is 37.0 Å². The Labute approximate surface area is 102 Å². The standard InChI is InChI=1S/C13H19N3O/c1-9-3-4-10(2)16(8-9)13(17)11-5-6-15-12(14)7-11/h5-7,9-10H,3-4,8H2,1-2H3,(H2,14,15). The van der Waals surface area contributed by atoms with Crippen molar-refractivity contribution in [3.63, 3.8) is 0 Å². The number of anilines is 1. The molecule has 1 fully saturated rings. The summed E-state index contributed by atoms with van der Waals surface area (Å²) in [5.74, 6) is 1.04. The lowest BCUT2D eigenvalue weighted by molar-refractivity contribution is 0.0574. The number of hydrogen-bond donors (Lipinski definition) is 1. The van der Waals surface area contributed by atoms with Gasteiger partial charge in [-0.2, -0.15) is 0 Å². The highest BCUT2D eigenvalue weighted by atomic mass is 16.2. The Morgan fingerprint density at radius 3 is 2.94 bits per heavy atom. The van der Waals surface area contributed by atoms with Gasteiger partial charge in [-0.1, -0.05) is 6.92 Å². The van der Waals surface area contributed by atoms with E-state index in [0.717, 1.165) is 13.0 Å². The summed E-state index contributed by atoms with van der Waals surface area (Å²) >= 11 is 0. The molecule has 0 bridgehead atoms. The monoisotopic (exact) mass is 233 g/mol. The number of hydrogen-bond acceptors (Lipinski definition) is 3. The van der Waals surface area contributed by atoms with Crippen LogP contribution in [0.15, 0.2) is 18.3 Å². The minimum Gasteiger partial charge on any atom is -0.384 e. The van der Waals surface area contributed by atoms with Gasteiger partial charge in [0.2, 0.25) is 0 Å². The fraction of sp³-hybridized carbons (Fsp3) is 0.538. The number of carbonyl (C=O) groups excluding carboxylic acids is 1. The van der Waals surface area contributed by atoms with Crippen molar-refractivity contribution in [2.45, 2.75) is 32.7 Å². The van der Waals surface area contributed by atoms with Crippen LogP contribution in [0.4, 0.5) is 5.82 Å². The van der Waals surface area contributed by atoms with Crippen LogP contribution < -0.4 is 5.73 Å². The van der Waals surface area contributed by atoms with E-state index in [1.54, 1.807) is 18.3 Å². The molecule has 92 valence electrons. The number of piperidine rings is 1. The van der Waals surface area contributed by atoms with E-state index in [2.05, 4.69) is 18.8 Å². The predicted molar refractivity (Wildman–Crippen MR) is 67.5 cm³/mol. The second-order valence-corrected chi connectivity index (χ2v) is 4.96. The number of amides is 1. The van der Waals surface area contributed by atoms with Gasteiger partial charge in [0.05, 0.1) is 0 Å². The van der Waals surface area contributed by atoms with E-state index in [0.29, 0.717) is 23.3 Å². The Balaban J connectivity index is 2.18. The Bertz CT molecular complexity index is 419. The minimum atomic E-state index is 0.0677. The zero-order chi connectivity index (χ0) is 12.4. The summed E-state index contributed by atoms with van der Waals surface area (Å²) in [5, 5.41) is 0. The molecule has 2 unspecified atom stereocenters. The van der Waals surface area contributed by atoms with Crippen molar-refractivity contribution in [1.29, 1.82) is 0 Å². The first-order valence-electron chi connectivity index (χ1n) is 6.10. The van der Waals surface area contributed by atoms with E-state index < -0.39 is 0 Å². The zero-order valence-corrected chi connectivity index (χ0v) is 10.4. The maximum Gasteiger partial charge on any atom is 0.254 e. The number of nitrogens with two attached hydrogens (primary N) is 1. The van der Waals surface area contributed by atoms with Gasteiger partial charge >= 0.3 is 0 Å². The van der Waals surface area contributed by atoms with Gasteiger partial charge in [0.25, 0.3) is 5.91 Å². The first kappa shape index (κ1) is 11.9. The maximum atomic E-state index is 12.4. The van der Waals surface area contributed by atoms with Crippen LogP contribution in [0.2, 0.25) is 0 Å². The normalized spacial score (nSPS) is 24.7. The Kier molecular flexibility index (Phi) is 3.31. The van der Waals surface area contributed by atoms with Crippen LogP contribution in [-0.4, -0.2) is 28.4 Å². The second kappa shape index (κ2) is 4.73. The summed E-state index contributed by atoms with van der Waals surface area (Å²) in [7, 11) is 0. The van der Waals surface area contributed by atoms with Gasteiger partial charge in [-0.25, -0.2) is 4.98 Å². The van der Waals surface area contributed by atoms with E-state index >= 15 is 0 Å². The van der Waals surface area contributed by atoms with Crippen LogP contribution in [-0.2, 0) is 0 Å². The van der Waals surface area contributed by atoms with Crippen LogP contribution in [0.3, 0.4) is 0 Å². The van der Waals surface area contributed by atoms with E-state index in [4.69, 9.17) is 5.73 Å². The van der Waals surface area contributed by atoms with Gasteiger partial charge in [0.15, 0.2) is 0 Å². The Morgan fingerprint density at radius 1 is 1.47 bits per heavy atom. The lowest BCUT2D eigenvalue weighted by Crippen LogP contribution is -2.44. The largest absolute Gasteiger partial charge is 0.384 e. The molecule has 1 aliphatic rings. The maximum absolute atomic E-state index is 12.4. The first-order valence-corrected chi connectivity index (χ1v) is 6.10. The predicted octanol–water partition coefficient (Wildman–Crippen LogP) is 1.92. The summed E-state index contributed by atoms with van der Waals surface area (Å²) in [6.45, 7) is 5.13. The van der Waals surface area contributed by atoms with E-state index in [-0.39, 0.29) is 5.91 Å². The number of pyridine rings is 1. The number of carbonyl (C=O) groups is 1. The summed E-state index contributed by atoms with van der Waals surface area (Å²) in [4.78, 5) is 18.2. The van der Waals surface area contributed by atoms with Gasteiger partial charge in [0.1, 0.15) is 5.82 Å². The van der Waals surface area contributed by atoms with Crippen molar-refractivity contribution in [1.82, 2.24) is 9.88 Å². The molecule has 1 aliphatic heterocycles. The molecular formula is C13H19N3O. The molecule has 1 saturated heterocycles.